The van der Waals surface area contributed by atoms with Gasteiger partial charge < -0.3 is 4.57 Å². The van der Waals surface area contributed by atoms with Crippen LogP contribution in [0.3, 0.4) is 0 Å². The zero-order chi connectivity index (χ0) is 34.2. The van der Waals surface area contributed by atoms with Crippen LogP contribution in [0.4, 0.5) is 0 Å². The van der Waals surface area contributed by atoms with Crippen molar-refractivity contribution in [2.45, 2.75) is 90.9 Å². The lowest BCUT2D eigenvalue weighted by Crippen LogP contribution is -2.28. The number of hydrogen-bond acceptors (Lipinski definition) is 0. The number of fused-ring (bicyclic) bond motifs is 9. The molecule has 8 aromatic rings. The fraction of sp³-hybridized carbons (Fsp3) is 0.292. The minimum absolute atomic E-state index is 0.0374. The van der Waals surface area contributed by atoms with Crippen molar-refractivity contribution in [2.75, 3.05) is 0 Å². The molecule has 0 saturated heterocycles. The minimum Gasteiger partial charge on any atom is -0.309 e. The molecule has 0 fully saturated rings. The second kappa shape index (κ2) is 8.75. The van der Waals surface area contributed by atoms with Gasteiger partial charge in [0.25, 0.3) is 0 Å². The lowest BCUT2D eigenvalue weighted by molar-refractivity contribution is 0.581. The van der Waals surface area contributed by atoms with E-state index in [-0.39, 0.29) is 21.7 Å². The fourth-order valence-electron chi connectivity index (χ4n) is 9.66. The molecule has 10 rings (SSSR count). The summed E-state index contributed by atoms with van der Waals surface area (Å²) in [6.45, 7) is 23.9. The Morgan fingerprint density at radius 2 is 1.14 bits per heavy atom. The molecule has 0 atom stereocenters. The number of nitrogens with zero attached hydrogens (tertiary/aromatic N) is 1. The van der Waals surface area contributed by atoms with Crippen LogP contribution in [0.5, 0.6) is 0 Å². The fourth-order valence-corrected chi connectivity index (χ4v) is 9.66. The molecule has 1 aromatic heterocycles. The molecule has 0 N–H and O–H groups in total. The van der Waals surface area contributed by atoms with E-state index in [4.69, 9.17) is 0 Å². The Bertz CT molecular complexity index is 2750. The number of hydrogen-bond donors (Lipinski definition) is 0. The van der Waals surface area contributed by atoms with Crippen LogP contribution in [0.2, 0.25) is 0 Å². The first kappa shape index (κ1) is 29.3. The Morgan fingerprint density at radius 1 is 0.490 bits per heavy atom. The van der Waals surface area contributed by atoms with Gasteiger partial charge in [-0.15, -0.1) is 0 Å². The lowest BCUT2D eigenvalue weighted by Gasteiger charge is -2.37. The van der Waals surface area contributed by atoms with Crippen molar-refractivity contribution in [1.29, 1.82) is 0 Å². The third-order valence-corrected chi connectivity index (χ3v) is 12.6. The van der Waals surface area contributed by atoms with Crippen molar-refractivity contribution in [3.05, 3.63) is 124 Å². The largest absolute Gasteiger partial charge is 0.309 e. The summed E-state index contributed by atoms with van der Waals surface area (Å²) in [4.78, 5) is 0. The summed E-state index contributed by atoms with van der Waals surface area (Å²) < 4.78 is 2.62. The Kier molecular flexibility index (Phi) is 5.23. The van der Waals surface area contributed by atoms with Gasteiger partial charge in [-0.1, -0.05) is 124 Å². The van der Waals surface area contributed by atoms with Gasteiger partial charge in [0.15, 0.2) is 0 Å². The summed E-state index contributed by atoms with van der Waals surface area (Å²) >= 11 is 0. The van der Waals surface area contributed by atoms with E-state index >= 15 is 0 Å². The molecule has 0 unspecified atom stereocenters. The zero-order valence-electron chi connectivity index (χ0n) is 30.6. The molecule has 1 aliphatic heterocycles. The monoisotopic (exact) mass is 635 g/mol. The van der Waals surface area contributed by atoms with Crippen LogP contribution in [-0.2, 0) is 21.7 Å². The molecule has 2 heterocycles. The maximum absolute atomic E-state index is 2.62. The Balaban J connectivity index is 1.35. The number of rotatable bonds is 0. The molecule has 0 radical (unpaired) electrons. The van der Waals surface area contributed by atoms with Gasteiger partial charge in [0.2, 0.25) is 0 Å². The van der Waals surface area contributed by atoms with Crippen molar-refractivity contribution in [3.8, 4) is 16.8 Å². The maximum Gasteiger partial charge on any atom is 0.0582 e. The van der Waals surface area contributed by atoms with E-state index in [9.17, 15) is 0 Å². The number of benzene rings is 7. The van der Waals surface area contributed by atoms with Gasteiger partial charge >= 0.3 is 0 Å². The molecular weight excluding hydrogens is 591 g/mol. The van der Waals surface area contributed by atoms with Crippen LogP contribution in [0.25, 0.3) is 70.9 Å². The Hall–Kier alpha value is -4.62. The van der Waals surface area contributed by atoms with Crippen LogP contribution < -0.4 is 0 Å². The lowest BCUT2D eigenvalue weighted by atomic mass is 9.71. The summed E-state index contributed by atoms with van der Waals surface area (Å²) in [5, 5.41) is 10.9. The predicted octanol–water partition coefficient (Wildman–Crippen LogP) is 13.2. The molecule has 7 aromatic carbocycles. The van der Waals surface area contributed by atoms with E-state index < -0.39 is 0 Å². The first-order valence-electron chi connectivity index (χ1n) is 18.1. The maximum atomic E-state index is 2.62. The summed E-state index contributed by atoms with van der Waals surface area (Å²) in [6.07, 6.45) is 0. The minimum atomic E-state index is -0.183. The average molecular weight is 636 g/mol. The van der Waals surface area contributed by atoms with Crippen molar-refractivity contribution in [2.24, 2.45) is 0 Å². The molecule has 1 aliphatic carbocycles. The normalized spacial score (nSPS) is 16.3. The highest BCUT2D eigenvalue weighted by molar-refractivity contribution is 6.26. The Labute approximate surface area is 289 Å². The molecule has 0 amide bonds. The highest BCUT2D eigenvalue weighted by atomic mass is 15.0. The molecule has 0 saturated carbocycles. The highest BCUT2D eigenvalue weighted by Gasteiger charge is 2.42. The molecule has 242 valence electrons. The van der Waals surface area contributed by atoms with Crippen LogP contribution >= 0.6 is 0 Å². The van der Waals surface area contributed by atoms with Crippen LogP contribution in [0.1, 0.15) is 103 Å². The quantitative estimate of drug-likeness (QED) is 0.146. The SMILES string of the molecule is CC(C)(C)c1ccc2c(c1)c1cc(C(C)(C)C)cc3c1n2-c1cc2c(cc1C3(C)C)-c1c(cc3ccc4cccc5ccc1c3c45)C2(C)C. The summed E-state index contributed by atoms with van der Waals surface area (Å²) in [7, 11) is 0. The van der Waals surface area contributed by atoms with Gasteiger partial charge in [0.05, 0.1) is 16.7 Å². The van der Waals surface area contributed by atoms with E-state index in [1.54, 1.807) is 0 Å². The molecule has 1 heteroatoms. The van der Waals surface area contributed by atoms with Crippen molar-refractivity contribution in [1.82, 2.24) is 4.57 Å². The molecule has 49 heavy (non-hydrogen) atoms. The zero-order valence-corrected chi connectivity index (χ0v) is 30.6. The van der Waals surface area contributed by atoms with Crippen LogP contribution in [-0.4, -0.2) is 4.57 Å². The van der Waals surface area contributed by atoms with Crippen molar-refractivity contribution in [3.63, 3.8) is 0 Å². The van der Waals surface area contributed by atoms with E-state index in [2.05, 4.69) is 165 Å². The van der Waals surface area contributed by atoms with Gasteiger partial charge in [0, 0.05) is 21.6 Å². The van der Waals surface area contributed by atoms with Gasteiger partial charge in [-0.25, -0.2) is 0 Å². The van der Waals surface area contributed by atoms with E-state index in [1.807, 2.05) is 0 Å². The van der Waals surface area contributed by atoms with E-state index in [1.165, 1.54) is 104 Å². The second-order valence-electron chi connectivity index (χ2n) is 18.3. The first-order chi connectivity index (χ1) is 23.1. The Morgan fingerprint density at radius 3 is 1.86 bits per heavy atom. The third-order valence-electron chi connectivity index (χ3n) is 12.6. The van der Waals surface area contributed by atoms with E-state index in [0.717, 1.165) is 0 Å². The molecule has 0 bridgehead atoms. The second-order valence-corrected chi connectivity index (χ2v) is 18.3. The molecule has 2 aliphatic rings. The summed E-state index contributed by atoms with van der Waals surface area (Å²) in [6, 6.07) is 36.1. The standard InChI is InChI=1S/C48H45N/c1-45(2,3)29-17-19-39-32(21-29)33-22-30(46(4,5)6)23-38-44(33)49(39)40-25-35-34(24-36(40)48(38,9)10)43-31-18-16-27-13-11-12-26-14-15-28(42(31)41(26)27)20-37(43)47(35,7)8/h11-25H,1-10H3. The predicted molar refractivity (Wildman–Crippen MR) is 212 cm³/mol. The van der Waals surface area contributed by atoms with Crippen LogP contribution in [0.15, 0.2) is 91.0 Å². The van der Waals surface area contributed by atoms with Gasteiger partial charge in [0.1, 0.15) is 0 Å². The molecule has 0 spiro atoms. The molecule has 1 nitrogen and oxygen atoms in total. The van der Waals surface area contributed by atoms with E-state index in [0.29, 0.717) is 0 Å². The van der Waals surface area contributed by atoms with Gasteiger partial charge in [-0.3, -0.25) is 0 Å². The smallest absolute Gasteiger partial charge is 0.0582 e. The highest BCUT2D eigenvalue weighted by Crippen LogP contribution is 2.57. The number of aromatic nitrogens is 1. The van der Waals surface area contributed by atoms with Gasteiger partial charge in [-0.2, -0.15) is 0 Å². The first-order valence-corrected chi connectivity index (χ1v) is 18.1. The third kappa shape index (κ3) is 3.56. The molecular formula is C48H45N. The van der Waals surface area contributed by atoms with Crippen molar-refractivity contribution < 1.29 is 0 Å². The van der Waals surface area contributed by atoms with Gasteiger partial charge in [-0.05, 0) is 124 Å². The average Bonchev–Trinajstić information content (AvgIpc) is 3.49. The topological polar surface area (TPSA) is 4.93 Å². The summed E-state index contributed by atoms with van der Waals surface area (Å²) in [5.74, 6) is 0. The van der Waals surface area contributed by atoms with Crippen molar-refractivity contribution >= 4 is 54.1 Å². The van der Waals surface area contributed by atoms with Crippen LogP contribution in [0, 0.1) is 0 Å². The summed E-state index contributed by atoms with van der Waals surface area (Å²) in [5.41, 5.74) is 15.2.